The van der Waals surface area contributed by atoms with Gasteiger partial charge in [0, 0.05) is 10.8 Å². The van der Waals surface area contributed by atoms with E-state index in [1.807, 2.05) is 0 Å². The standard InChI is InChI=1S/C60H36O/c1-3-11-49-45(9-1)35-55(53-15-7-5-13-51(49)53)47-23-21-37-29-39(17-19-41(37)31-47)43-25-27-59-57(33-43)58-34-44(26-28-60(58)61-59)40-18-20-42-32-48(24-22-38(42)30-40)56-36-46-10-2-4-12-50(46)52-14-6-8-16-54(52)56/h1-36H. The van der Waals surface area contributed by atoms with Gasteiger partial charge in [0.2, 0.25) is 0 Å². The molecular weight excluding hydrogens is 737 g/mol. The lowest BCUT2D eigenvalue weighted by Crippen LogP contribution is -1.86. The van der Waals surface area contributed by atoms with Crippen LogP contribution in [0.4, 0.5) is 0 Å². The van der Waals surface area contributed by atoms with E-state index in [-0.39, 0.29) is 0 Å². The fourth-order valence-electron chi connectivity index (χ4n) is 9.91. The van der Waals surface area contributed by atoms with Gasteiger partial charge in [0.25, 0.3) is 0 Å². The van der Waals surface area contributed by atoms with E-state index >= 15 is 0 Å². The molecule has 0 unspecified atom stereocenters. The van der Waals surface area contributed by atoms with Crippen LogP contribution in [0.25, 0.3) is 131 Å². The summed E-state index contributed by atoms with van der Waals surface area (Å²) in [6.07, 6.45) is 0. The summed E-state index contributed by atoms with van der Waals surface area (Å²) < 4.78 is 6.40. The first-order chi connectivity index (χ1) is 30.2. The molecule has 282 valence electrons. The van der Waals surface area contributed by atoms with Crippen LogP contribution in [-0.4, -0.2) is 0 Å². The molecule has 1 aromatic heterocycles. The highest BCUT2D eigenvalue weighted by molar-refractivity contribution is 6.16. The molecule has 1 heterocycles. The van der Waals surface area contributed by atoms with Crippen LogP contribution in [0.3, 0.4) is 0 Å². The van der Waals surface area contributed by atoms with Gasteiger partial charge in [-0.05, 0) is 170 Å². The third kappa shape index (κ3) is 5.48. The third-order valence-corrected chi connectivity index (χ3v) is 13.0. The smallest absolute Gasteiger partial charge is 0.135 e. The minimum atomic E-state index is 0.899. The highest BCUT2D eigenvalue weighted by Gasteiger charge is 2.14. The van der Waals surface area contributed by atoms with Gasteiger partial charge < -0.3 is 4.42 Å². The lowest BCUT2D eigenvalue weighted by atomic mass is 9.91. The van der Waals surface area contributed by atoms with Crippen molar-refractivity contribution >= 4 is 86.6 Å². The molecule has 12 aromatic carbocycles. The van der Waals surface area contributed by atoms with E-state index in [1.54, 1.807) is 0 Å². The van der Waals surface area contributed by atoms with Gasteiger partial charge >= 0.3 is 0 Å². The van der Waals surface area contributed by atoms with Gasteiger partial charge in [-0.2, -0.15) is 0 Å². The summed E-state index contributed by atoms with van der Waals surface area (Å²) in [5, 5.41) is 17.4. The van der Waals surface area contributed by atoms with Gasteiger partial charge in [-0.3, -0.25) is 0 Å². The highest BCUT2D eigenvalue weighted by atomic mass is 16.3. The highest BCUT2D eigenvalue weighted by Crippen LogP contribution is 2.40. The van der Waals surface area contributed by atoms with E-state index in [9.17, 15) is 0 Å². The first-order valence-corrected chi connectivity index (χ1v) is 21.1. The van der Waals surface area contributed by atoms with Crippen LogP contribution in [-0.2, 0) is 0 Å². The first kappa shape index (κ1) is 33.9. The Bertz CT molecular complexity index is 3680. The van der Waals surface area contributed by atoms with Gasteiger partial charge in [0.05, 0.1) is 0 Å². The molecule has 1 heteroatoms. The minimum absolute atomic E-state index is 0.899. The molecule has 61 heavy (non-hydrogen) atoms. The van der Waals surface area contributed by atoms with Crippen molar-refractivity contribution in [1.29, 1.82) is 0 Å². The molecule has 0 radical (unpaired) electrons. The summed E-state index contributed by atoms with van der Waals surface area (Å²) in [6.45, 7) is 0. The Kier molecular flexibility index (Phi) is 7.37. The Labute approximate surface area is 352 Å². The average molecular weight is 773 g/mol. The molecule has 1 nitrogen and oxygen atoms in total. The van der Waals surface area contributed by atoms with Crippen molar-refractivity contribution in [2.45, 2.75) is 0 Å². The summed E-state index contributed by atoms with van der Waals surface area (Å²) >= 11 is 0. The van der Waals surface area contributed by atoms with E-state index in [0.717, 1.165) is 21.9 Å². The first-order valence-electron chi connectivity index (χ1n) is 21.1. The van der Waals surface area contributed by atoms with Crippen LogP contribution in [0.15, 0.2) is 223 Å². The summed E-state index contributed by atoms with van der Waals surface area (Å²) in [6, 6.07) is 80.2. The fourth-order valence-corrected chi connectivity index (χ4v) is 9.91. The van der Waals surface area contributed by atoms with E-state index in [4.69, 9.17) is 4.42 Å². The number of hydrogen-bond acceptors (Lipinski definition) is 1. The lowest BCUT2D eigenvalue weighted by Gasteiger charge is -2.12. The molecule has 0 fully saturated rings. The maximum atomic E-state index is 6.40. The molecule has 0 saturated heterocycles. The quantitative estimate of drug-likeness (QED) is 0.162. The molecule has 0 atom stereocenters. The maximum absolute atomic E-state index is 6.40. The van der Waals surface area contributed by atoms with Crippen LogP contribution in [0.5, 0.6) is 0 Å². The third-order valence-electron chi connectivity index (χ3n) is 13.0. The molecule has 13 aromatic rings. The van der Waals surface area contributed by atoms with Crippen molar-refractivity contribution in [2.24, 2.45) is 0 Å². The SMILES string of the molecule is c1ccc2c(c1)cc(-c1ccc3cc(-c4ccc5oc6ccc(-c7ccc8cc(-c9cc%10ccccc%10c%10ccccc9%10)ccc8c7)cc6c5c4)ccc3c1)c1ccccc12. The second kappa shape index (κ2) is 13.3. The topological polar surface area (TPSA) is 13.1 Å². The predicted octanol–water partition coefficient (Wildman–Crippen LogP) is 17.2. The molecular formula is C60H36O. The number of benzene rings is 12. The second-order valence-electron chi connectivity index (χ2n) is 16.5. The van der Waals surface area contributed by atoms with Gasteiger partial charge in [0.15, 0.2) is 0 Å². The van der Waals surface area contributed by atoms with Crippen molar-refractivity contribution in [2.75, 3.05) is 0 Å². The zero-order valence-electron chi connectivity index (χ0n) is 33.2. The van der Waals surface area contributed by atoms with E-state index in [2.05, 4.69) is 218 Å². The zero-order valence-corrected chi connectivity index (χ0v) is 33.2. The summed E-state index contributed by atoms with van der Waals surface area (Å²) in [5.74, 6) is 0. The molecule has 13 rings (SSSR count). The molecule has 0 N–H and O–H groups in total. The van der Waals surface area contributed by atoms with E-state index in [0.29, 0.717) is 0 Å². The molecule has 0 spiro atoms. The molecule has 0 bridgehead atoms. The molecule has 0 amide bonds. The Morgan fingerprint density at radius 1 is 0.197 bits per heavy atom. The molecule has 0 saturated carbocycles. The van der Waals surface area contributed by atoms with E-state index in [1.165, 1.54) is 109 Å². The van der Waals surface area contributed by atoms with Crippen LogP contribution in [0.2, 0.25) is 0 Å². The molecule has 0 aliphatic heterocycles. The normalized spacial score (nSPS) is 11.9. The summed E-state index contributed by atoms with van der Waals surface area (Å²) in [5.41, 5.74) is 11.5. The average Bonchev–Trinajstić information content (AvgIpc) is 3.70. The summed E-state index contributed by atoms with van der Waals surface area (Å²) in [7, 11) is 0. The van der Waals surface area contributed by atoms with Crippen molar-refractivity contribution in [3.63, 3.8) is 0 Å². The summed E-state index contributed by atoms with van der Waals surface area (Å²) in [4.78, 5) is 0. The van der Waals surface area contributed by atoms with Crippen LogP contribution >= 0.6 is 0 Å². The largest absolute Gasteiger partial charge is 0.456 e. The number of hydrogen-bond donors (Lipinski definition) is 0. The maximum Gasteiger partial charge on any atom is 0.135 e. The zero-order chi connectivity index (χ0) is 40.0. The van der Waals surface area contributed by atoms with E-state index < -0.39 is 0 Å². The van der Waals surface area contributed by atoms with Gasteiger partial charge in [-0.1, -0.05) is 158 Å². The van der Waals surface area contributed by atoms with Crippen molar-refractivity contribution < 1.29 is 4.42 Å². The Morgan fingerprint density at radius 2 is 0.525 bits per heavy atom. The minimum Gasteiger partial charge on any atom is -0.456 e. The fraction of sp³-hybridized carbons (Fsp3) is 0. The van der Waals surface area contributed by atoms with Crippen LogP contribution < -0.4 is 0 Å². The number of fused-ring (bicyclic) bond motifs is 11. The van der Waals surface area contributed by atoms with Gasteiger partial charge in [-0.25, -0.2) is 0 Å². The number of rotatable bonds is 4. The predicted molar refractivity (Wildman–Crippen MR) is 260 cm³/mol. The van der Waals surface area contributed by atoms with Crippen LogP contribution in [0, 0.1) is 0 Å². The van der Waals surface area contributed by atoms with Crippen molar-refractivity contribution in [1.82, 2.24) is 0 Å². The van der Waals surface area contributed by atoms with Crippen molar-refractivity contribution in [3.8, 4) is 44.5 Å². The van der Waals surface area contributed by atoms with Gasteiger partial charge in [0.1, 0.15) is 11.2 Å². The van der Waals surface area contributed by atoms with Crippen molar-refractivity contribution in [3.05, 3.63) is 218 Å². The second-order valence-corrected chi connectivity index (χ2v) is 16.5. The Balaban J connectivity index is 0.842. The molecule has 0 aliphatic rings. The van der Waals surface area contributed by atoms with Gasteiger partial charge in [-0.15, -0.1) is 0 Å². The molecule has 0 aliphatic carbocycles. The number of furan rings is 1. The Hall–Kier alpha value is -8.00. The Morgan fingerprint density at radius 3 is 0.967 bits per heavy atom. The lowest BCUT2D eigenvalue weighted by molar-refractivity contribution is 0.669. The van der Waals surface area contributed by atoms with Crippen LogP contribution in [0.1, 0.15) is 0 Å². The monoisotopic (exact) mass is 772 g/mol.